The summed E-state index contributed by atoms with van der Waals surface area (Å²) in [4.78, 5) is 11.8. The Bertz CT molecular complexity index is 1080. The molecule has 0 aliphatic heterocycles. The van der Waals surface area contributed by atoms with E-state index in [-0.39, 0.29) is 16.0 Å². The zero-order valence-corrected chi connectivity index (χ0v) is 18.6. The van der Waals surface area contributed by atoms with Crippen molar-refractivity contribution < 1.29 is 28.5 Å². The molecule has 156 valence electrons. The topological polar surface area (TPSA) is 104 Å². The van der Waals surface area contributed by atoms with Crippen LogP contribution in [0.25, 0.3) is 17.5 Å². The molecule has 3 rings (SSSR count). The van der Waals surface area contributed by atoms with Crippen molar-refractivity contribution in [1.29, 1.82) is 0 Å². The molecule has 3 aromatic rings. The number of carbonyl (C=O) groups is 1. The van der Waals surface area contributed by atoms with E-state index in [2.05, 4.69) is 26.1 Å². The van der Waals surface area contributed by atoms with Crippen LogP contribution in [0, 0.1) is 0 Å². The van der Waals surface area contributed by atoms with Gasteiger partial charge < -0.3 is 23.7 Å². The molecule has 0 saturated heterocycles. The second-order valence-corrected chi connectivity index (χ2v) is 7.69. The number of nitrogens with zero attached hydrogens (tertiary/aromatic N) is 2. The summed E-state index contributed by atoms with van der Waals surface area (Å²) in [6.45, 7) is 0. The van der Waals surface area contributed by atoms with Crippen molar-refractivity contribution in [1.82, 2.24) is 10.2 Å². The van der Waals surface area contributed by atoms with E-state index in [1.807, 2.05) is 0 Å². The monoisotopic (exact) mass is 492 g/mol. The third-order valence-electron chi connectivity index (χ3n) is 3.89. The molecule has 0 spiro atoms. The highest BCUT2D eigenvalue weighted by molar-refractivity contribution is 9.10. The van der Waals surface area contributed by atoms with Crippen LogP contribution in [0.1, 0.15) is 5.56 Å². The molecule has 2 aromatic carbocycles. The molecule has 0 bridgehead atoms. The summed E-state index contributed by atoms with van der Waals surface area (Å²) in [6, 6.07) is 10.4. The van der Waals surface area contributed by atoms with Gasteiger partial charge in [-0.1, -0.05) is 15.9 Å². The van der Waals surface area contributed by atoms with Crippen LogP contribution in [0.5, 0.6) is 17.2 Å². The van der Waals surface area contributed by atoms with Crippen LogP contribution < -0.4 is 14.2 Å². The first-order valence-corrected chi connectivity index (χ1v) is 10.1. The molecule has 10 heteroatoms. The average Bonchev–Trinajstić information content (AvgIpc) is 3.21. The van der Waals surface area contributed by atoms with E-state index in [1.165, 1.54) is 27.4 Å². The number of carboxylic acids is 1. The lowest BCUT2D eigenvalue weighted by Crippen LogP contribution is -1.97. The molecule has 1 heterocycles. The SMILES string of the molecule is COc1cc(OC)cc(-c2nnc(S/C(=C\c3cc(Br)ccc3OC)C(=O)O)o2)c1. The summed E-state index contributed by atoms with van der Waals surface area (Å²) in [7, 11) is 4.59. The first-order valence-electron chi connectivity index (χ1n) is 8.46. The Labute approximate surface area is 185 Å². The van der Waals surface area contributed by atoms with Crippen molar-refractivity contribution in [2.45, 2.75) is 5.22 Å². The Kier molecular flexibility index (Phi) is 7.01. The largest absolute Gasteiger partial charge is 0.497 e. The van der Waals surface area contributed by atoms with Crippen molar-refractivity contribution in [2.75, 3.05) is 21.3 Å². The number of rotatable bonds is 8. The van der Waals surface area contributed by atoms with Gasteiger partial charge in [0.1, 0.15) is 22.2 Å². The fourth-order valence-corrected chi connectivity index (χ4v) is 3.53. The third-order valence-corrected chi connectivity index (χ3v) is 5.24. The van der Waals surface area contributed by atoms with Gasteiger partial charge in [0.2, 0.25) is 5.89 Å². The summed E-state index contributed by atoms with van der Waals surface area (Å²) in [5.41, 5.74) is 1.18. The number of carboxylic acid groups (broad SMARTS) is 1. The summed E-state index contributed by atoms with van der Waals surface area (Å²) in [5.74, 6) is 0.728. The van der Waals surface area contributed by atoms with Gasteiger partial charge in [-0.05, 0) is 48.2 Å². The Morgan fingerprint density at radius 3 is 2.37 bits per heavy atom. The molecule has 0 fully saturated rings. The number of methoxy groups -OCH3 is 3. The lowest BCUT2D eigenvalue weighted by molar-refractivity contribution is -0.131. The Balaban J connectivity index is 1.91. The molecule has 0 amide bonds. The average molecular weight is 493 g/mol. The molecule has 0 radical (unpaired) electrons. The van der Waals surface area contributed by atoms with Crippen molar-refractivity contribution in [3.05, 3.63) is 51.3 Å². The van der Waals surface area contributed by atoms with Crippen molar-refractivity contribution in [3.8, 4) is 28.7 Å². The van der Waals surface area contributed by atoms with Gasteiger partial charge in [-0.15, -0.1) is 10.2 Å². The summed E-state index contributed by atoms with van der Waals surface area (Å²) >= 11 is 4.21. The van der Waals surface area contributed by atoms with E-state index >= 15 is 0 Å². The lowest BCUT2D eigenvalue weighted by atomic mass is 10.2. The van der Waals surface area contributed by atoms with Gasteiger partial charge >= 0.3 is 5.97 Å². The summed E-state index contributed by atoms with van der Waals surface area (Å²) < 4.78 is 22.2. The molecule has 30 heavy (non-hydrogen) atoms. The number of thioether (sulfide) groups is 1. The second-order valence-electron chi connectivity index (χ2n) is 5.78. The maximum atomic E-state index is 11.8. The number of hydrogen-bond donors (Lipinski definition) is 1. The van der Waals surface area contributed by atoms with E-state index in [1.54, 1.807) is 36.4 Å². The van der Waals surface area contributed by atoms with E-state index in [0.29, 0.717) is 28.4 Å². The highest BCUT2D eigenvalue weighted by Crippen LogP contribution is 2.34. The van der Waals surface area contributed by atoms with Crippen LogP contribution >= 0.6 is 27.7 Å². The molecule has 0 unspecified atom stereocenters. The molecular weight excluding hydrogens is 476 g/mol. The number of benzene rings is 2. The highest BCUT2D eigenvalue weighted by atomic mass is 79.9. The van der Waals surface area contributed by atoms with Crippen molar-refractivity contribution >= 4 is 39.7 Å². The molecule has 0 aliphatic carbocycles. The predicted molar refractivity (Wildman–Crippen MR) is 115 cm³/mol. The number of aromatic nitrogens is 2. The maximum Gasteiger partial charge on any atom is 0.342 e. The molecule has 8 nitrogen and oxygen atoms in total. The van der Waals surface area contributed by atoms with Gasteiger partial charge in [-0.25, -0.2) is 4.79 Å². The van der Waals surface area contributed by atoms with Crippen LogP contribution in [0.3, 0.4) is 0 Å². The van der Waals surface area contributed by atoms with Gasteiger partial charge in [0, 0.05) is 21.7 Å². The third kappa shape index (κ3) is 5.14. The smallest absolute Gasteiger partial charge is 0.342 e. The number of halogens is 1. The van der Waals surface area contributed by atoms with E-state index < -0.39 is 5.97 Å². The minimum absolute atomic E-state index is 0.00942. The lowest BCUT2D eigenvalue weighted by Gasteiger charge is -2.06. The van der Waals surface area contributed by atoms with Gasteiger partial charge in [0.05, 0.1) is 21.3 Å². The molecular formula is C20H17BrN2O6S. The van der Waals surface area contributed by atoms with Crippen LogP contribution in [0.15, 0.2) is 55.4 Å². The predicted octanol–water partition coefficient (Wildman–Crippen LogP) is 4.74. The van der Waals surface area contributed by atoms with Crippen molar-refractivity contribution in [2.24, 2.45) is 0 Å². The quantitative estimate of drug-likeness (QED) is 0.352. The molecule has 0 saturated carbocycles. The van der Waals surface area contributed by atoms with Crippen molar-refractivity contribution in [3.63, 3.8) is 0 Å². The van der Waals surface area contributed by atoms with E-state index in [0.717, 1.165) is 16.2 Å². The Morgan fingerprint density at radius 2 is 1.77 bits per heavy atom. The van der Waals surface area contributed by atoms with E-state index in [9.17, 15) is 9.90 Å². The van der Waals surface area contributed by atoms with Crippen LogP contribution in [0.4, 0.5) is 0 Å². The molecule has 1 aromatic heterocycles. The Morgan fingerprint density at radius 1 is 1.07 bits per heavy atom. The first kappa shape index (κ1) is 21.7. The second kappa shape index (κ2) is 9.68. The van der Waals surface area contributed by atoms with Crippen LogP contribution in [-0.2, 0) is 4.79 Å². The standard InChI is InChI=1S/C20H17BrN2O6S/c1-26-14-7-12(8-15(10-14)27-2)18-22-23-20(29-18)30-17(19(24)25)9-11-6-13(21)4-5-16(11)28-3/h4-10H,1-3H3,(H,24,25)/b17-9-. The maximum absolute atomic E-state index is 11.8. The van der Waals surface area contributed by atoms with Gasteiger partial charge in [-0.3, -0.25) is 0 Å². The zero-order valence-electron chi connectivity index (χ0n) is 16.2. The first-order chi connectivity index (χ1) is 14.4. The fraction of sp³-hybridized carbons (Fsp3) is 0.150. The number of aliphatic carboxylic acids is 1. The van der Waals surface area contributed by atoms with E-state index in [4.69, 9.17) is 18.6 Å². The highest BCUT2D eigenvalue weighted by Gasteiger charge is 2.18. The zero-order chi connectivity index (χ0) is 21.7. The number of hydrogen-bond acceptors (Lipinski definition) is 8. The van der Waals surface area contributed by atoms with Gasteiger partial charge in [0.15, 0.2) is 0 Å². The molecule has 0 aliphatic rings. The Hall–Kier alpha value is -2.98. The molecule has 1 N–H and O–H groups in total. The minimum atomic E-state index is -1.13. The normalized spacial score (nSPS) is 11.3. The van der Waals surface area contributed by atoms with Gasteiger partial charge in [-0.2, -0.15) is 0 Å². The summed E-state index contributed by atoms with van der Waals surface area (Å²) in [5, 5.41) is 17.7. The fourth-order valence-electron chi connectivity index (χ4n) is 2.49. The minimum Gasteiger partial charge on any atom is -0.497 e. The van der Waals surface area contributed by atoms with Crippen LogP contribution in [0.2, 0.25) is 0 Å². The number of ether oxygens (including phenoxy) is 3. The summed E-state index contributed by atoms with van der Waals surface area (Å²) in [6.07, 6.45) is 1.48. The molecule has 0 atom stereocenters. The van der Waals surface area contributed by atoms with Gasteiger partial charge in [0.25, 0.3) is 5.22 Å². The van der Waals surface area contributed by atoms with Crippen LogP contribution in [-0.4, -0.2) is 42.6 Å².